The van der Waals surface area contributed by atoms with E-state index in [-0.39, 0.29) is 6.03 Å². The van der Waals surface area contributed by atoms with Crippen molar-refractivity contribution in [1.82, 2.24) is 9.80 Å². The highest BCUT2D eigenvalue weighted by Gasteiger charge is 2.51. The molecule has 0 aromatic heterocycles. The molecule has 0 radical (unpaired) electrons. The van der Waals surface area contributed by atoms with E-state index in [1.165, 1.54) is 18.2 Å². The van der Waals surface area contributed by atoms with E-state index in [4.69, 9.17) is 0 Å². The van der Waals surface area contributed by atoms with Crippen molar-refractivity contribution < 1.29 is 4.79 Å². The van der Waals surface area contributed by atoms with Crippen LogP contribution in [0.2, 0.25) is 0 Å². The fourth-order valence-corrected chi connectivity index (χ4v) is 6.02. The number of urea groups is 1. The molecule has 2 fully saturated rings. The van der Waals surface area contributed by atoms with Gasteiger partial charge in [-0.2, -0.15) is 0 Å². The lowest BCUT2D eigenvalue weighted by atomic mass is 9.49. The highest BCUT2D eigenvalue weighted by atomic mass is 16.2. The first kappa shape index (κ1) is 20.6. The van der Waals surface area contributed by atoms with Crippen molar-refractivity contribution in [2.24, 2.45) is 17.3 Å². The van der Waals surface area contributed by atoms with Gasteiger partial charge in [0.25, 0.3) is 0 Å². The summed E-state index contributed by atoms with van der Waals surface area (Å²) in [6.07, 6.45) is 7.29. The molecule has 0 spiro atoms. The highest BCUT2D eigenvalue weighted by molar-refractivity contribution is 5.93. The molecule has 2 amide bonds. The Morgan fingerprint density at radius 1 is 1.13 bits per heavy atom. The molecule has 4 aliphatic rings. The highest BCUT2D eigenvalue weighted by Crippen LogP contribution is 2.59. The van der Waals surface area contributed by atoms with Crippen molar-refractivity contribution in [3.63, 3.8) is 0 Å². The topological polar surface area (TPSA) is 35.6 Å². The zero-order chi connectivity index (χ0) is 21.6. The number of fused-ring (bicyclic) bond motifs is 2. The van der Waals surface area contributed by atoms with Gasteiger partial charge >= 0.3 is 6.03 Å². The molecule has 1 N–H and O–H groups in total. The first-order chi connectivity index (χ1) is 14.9. The number of rotatable bonds is 4. The van der Waals surface area contributed by atoms with Gasteiger partial charge in [0.2, 0.25) is 0 Å². The fraction of sp³-hybridized carbons (Fsp3) is 0.519. The molecule has 1 heterocycles. The molecule has 1 saturated carbocycles. The smallest absolute Gasteiger partial charge is 0.321 e. The molecule has 4 nitrogen and oxygen atoms in total. The Morgan fingerprint density at radius 2 is 1.87 bits per heavy atom. The van der Waals surface area contributed by atoms with Crippen LogP contribution in [-0.4, -0.2) is 48.6 Å². The second-order valence-corrected chi connectivity index (χ2v) is 10.4. The van der Waals surface area contributed by atoms with E-state index in [1.807, 2.05) is 36.2 Å². The van der Waals surface area contributed by atoms with E-state index < -0.39 is 0 Å². The van der Waals surface area contributed by atoms with Gasteiger partial charge in [0.1, 0.15) is 0 Å². The predicted molar refractivity (Wildman–Crippen MR) is 128 cm³/mol. The summed E-state index contributed by atoms with van der Waals surface area (Å²) in [5.74, 6) is 1.70. The minimum Gasteiger partial charge on any atom is -0.325 e. The summed E-state index contributed by atoms with van der Waals surface area (Å²) in [4.78, 5) is 17.4. The van der Waals surface area contributed by atoms with Crippen molar-refractivity contribution in [3.05, 3.63) is 54.1 Å². The molecule has 164 valence electrons. The van der Waals surface area contributed by atoms with Crippen LogP contribution in [0.4, 0.5) is 10.5 Å². The average molecular weight is 418 g/mol. The Balaban J connectivity index is 1.14. The van der Waals surface area contributed by atoms with Gasteiger partial charge in [0.05, 0.1) is 0 Å². The standard InChI is InChI=1S/C27H35N3O/c1-27(2)22-10-8-21(25(27)17-22)18-30-14-12-24(13-15-30)29(3)26(31)28-23-11-9-19-6-4-5-7-20(19)16-23/h4-9,11,16,22,24-25H,10,12-15,17-18H2,1-3H3,(H,28,31). The molecule has 2 aromatic carbocycles. The number of nitrogens with one attached hydrogen (secondary N) is 1. The number of benzene rings is 2. The van der Waals surface area contributed by atoms with Crippen molar-refractivity contribution >= 4 is 22.5 Å². The quantitative estimate of drug-likeness (QED) is 0.642. The maximum Gasteiger partial charge on any atom is 0.321 e. The summed E-state index contributed by atoms with van der Waals surface area (Å²) in [6.45, 7) is 8.18. The third-order valence-electron chi connectivity index (χ3n) is 8.41. The van der Waals surface area contributed by atoms with Gasteiger partial charge in [-0.3, -0.25) is 4.90 Å². The average Bonchev–Trinajstić information content (AvgIpc) is 2.79. The maximum atomic E-state index is 12.9. The van der Waals surface area contributed by atoms with Crippen LogP contribution in [0.3, 0.4) is 0 Å². The molecule has 1 aliphatic heterocycles. The molecule has 4 heteroatoms. The van der Waals surface area contributed by atoms with E-state index in [0.29, 0.717) is 11.5 Å². The normalized spacial score (nSPS) is 25.6. The van der Waals surface area contributed by atoms with Gasteiger partial charge in [0.15, 0.2) is 0 Å². The van der Waals surface area contributed by atoms with Crippen LogP contribution in [0.15, 0.2) is 54.1 Å². The Labute approximate surface area is 186 Å². The Morgan fingerprint density at radius 3 is 2.58 bits per heavy atom. The number of nitrogens with zero attached hydrogens (tertiary/aromatic N) is 2. The molecular weight excluding hydrogens is 382 g/mol. The largest absolute Gasteiger partial charge is 0.325 e. The van der Waals surface area contributed by atoms with Crippen molar-refractivity contribution in [2.75, 3.05) is 32.0 Å². The second kappa shape index (κ2) is 7.98. The van der Waals surface area contributed by atoms with E-state index in [1.54, 1.807) is 5.57 Å². The summed E-state index contributed by atoms with van der Waals surface area (Å²) >= 11 is 0. The van der Waals surface area contributed by atoms with Crippen LogP contribution in [0.5, 0.6) is 0 Å². The molecule has 2 aromatic rings. The van der Waals surface area contributed by atoms with Crippen LogP contribution in [0, 0.1) is 17.3 Å². The lowest BCUT2D eigenvalue weighted by Gasteiger charge is -2.57. The number of allylic oxidation sites excluding steroid dienone is 1. The van der Waals surface area contributed by atoms with E-state index in [9.17, 15) is 4.79 Å². The van der Waals surface area contributed by atoms with Gasteiger partial charge < -0.3 is 10.2 Å². The molecule has 1 saturated heterocycles. The summed E-state index contributed by atoms with van der Waals surface area (Å²) < 4.78 is 0. The van der Waals surface area contributed by atoms with Gasteiger partial charge in [0, 0.05) is 38.4 Å². The Hall–Kier alpha value is -2.33. The molecule has 31 heavy (non-hydrogen) atoms. The summed E-state index contributed by atoms with van der Waals surface area (Å²) in [5, 5.41) is 5.43. The zero-order valence-electron chi connectivity index (χ0n) is 19.1. The number of anilines is 1. The molecular formula is C27H35N3O. The SMILES string of the molecule is CN(C(=O)Nc1ccc2ccccc2c1)C1CCN(CC2=CCC3CC2C3(C)C)CC1. The third kappa shape index (κ3) is 3.87. The first-order valence-electron chi connectivity index (χ1n) is 11.9. The number of hydrogen-bond donors (Lipinski definition) is 1. The third-order valence-corrected chi connectivity index (χ3v) is 8.41. The lowest BCUT2D eigenvalue weighted by Crippen LogP contribution is -2.51. The summed E-state index contributed by atoms with van der Waals surface area (Å²) in [5.41, 5.74) is 3.04. The molecule has 2 atom stereocenters. The van der Waals surface area contributed by atoms with Crippen molar-refractivity contribution in [1.29, 1.82) is 0 Å². The van der Waals surface area contributed by atoms with Gasteiger partial charge in [-0.15, -0.1) is 0 Å². The van der Waals surface area contributed by atoms with Crippen LogP contribution < -0.4 is 5.32 Å². The summed E-state index contributed by atoms with van der Waals surface area (Å²) in [7, 11) is 1.94. The van der Waals surface area contributed by atoms with E-state index >= 15 is 0 Å². The zero-order valence-corrected chi connectivity index (χ0v) is 19.1. The molecule has 6 rings (SSSR count). The molecule has 2 unspecified atom stereocenters. The van der Waals surface area contributed by atoms with Gasteiger partial charge in [-0.05, 0) is 65.8 Å². The number of likely N-dealkylation sites (tertiary alicyclic amines) is 1. The number of amides is 2. The number of piperidine rings is 1. The Kier molecular flexibility index (Phi) is 5.29. The monoisotopic (exact) mass is 417 g/mol. The van der Waals surface area contributed by atoms with Crippen LogP contribution in [0.1, 0.15) is 39.5 Å². The minimum atomic E-state index is -0.00835. The molecule has 3 aliphatic carbocycles. The predicted octanol–water partition coefficient (Wildman–Crippen LogP) is 5.76. The molecule has 2 bridgehead atoms. The number of carbonyl (C=O) groups is 1. The van der Waals surface area contributed by atoms with Gasteiger partial charge in [-0.1, -0.05) is 55.8 Å². The van der Waals surface area contributed by atoms with Crippen LogP contribution in [-0.2, 0) is 0 Å². The maximum absolute atomic E-state index is 12.9. The second-order valence-electron chi connectivity index (χ2n) is 10.4. The minimum absolute atomic E-state index is 0.00835. The van der Waals surface area contributed by atoms with E-state index in [2.05, 4.69) is 48.3 Å². The first-order valence-corrected chi connectivity index (χ1v) is 11.9. The van der Waals surface area contributed by atoms with E-state index in [0.717, 1.165) is 55.4 Å². The lowest BCUT2D eigenvalue weighted by molar-refractivity contribution is -0.0116. The Bertz CT molecular complexity index is 1000. The number of hydrogen-bond acceptors (Lipinski definition) is 2. The van der Waals surface area contributed by atoms with Crippen LogP contribution >= 0.6 is 0 Å². The summed E-state index contributed by atoms with van der Waals surface area (Å²) in [6, 6.07) is 14.6. The number of carbonyl (C=O) groups excluding carboxylic acids is 1. The van der Waals surface area contributed by atoms with Gasteiger partial charge in [-0.25, -0.2) is 4.79 Å². The fourth-order valence-electron chi connectivity index (χ4n) is 6.02. The van der Waals surface area contributed by atoms with Crippen molar-refractivity contribution in [3.8, 4) is 0 Å². The van der Waals surface area contributed by atoms with Crippen LogP contribution in [0.25, 0.3) is 10.8 Å². The van der Waals surface area contributed by atoms with Crippen molar-refractivity contribution in [2.45, 2.75) is 45.6 Å².